The summed E-state index contributed by atoms with van der Waals surface area (Å²) in [5, 5.41) is 2.16. The van der Waals surface area contributed by atoms with Gasteiger partial charge in [-0.1, -0.05) is 188 Å². The van der Waals surface area contributed by atoms with Crippen LogP contribution in [0.1, 0.15) is 45.2 Å². The number of nitrogens with zero attached hydrogens (tertiary/aromatic N) is 6. The predicted octanol–water partition coefficient (Wildman–Crippen LogP) is 14.6. The molecule has 3 aliphatic rings. The quantitative estimate of drug-likeness (QED) is 0.157. The lowest BCUT2D eigenvalue weighted by Gasteiger charge is -2.42. The molecular formula is C62H38N6O. The fourth-order valence-corrected chi connectivity index (χ4v) is 10.6. The van der Waals surface area contributed by atoms with Crippen LogP contribution in [0.3, 0.4) is 0 Å². The number of benzene rings is 9. The molecule has 3 heterocycles. The molecule has 0 aliphatic heterocycles. The first-order chi connectivity index (χ1) is 34.2. The van der Waals surface area contributed by atoms with Gasteiger partial charge in [-0.25, -0.2) is 29.9 Å². The fraction of sp³-hybridized carbons (Fsp3) is 0.0323. The molecule has 2 unspecified atom stereocenters. The molecule has 322 valence electrons. The highest BCUT2D eigenvalue weighted by molar-refractivity contribution is 6.06. The minimum atomic E-state index is 0.00728. The van der Waals surface area contributed by atoms with Crippen molar-refractivity contribution in [1.29, 1.82) is 0 Å². The zero-order valence-electron chi connectivity index (χ0n) is 37.0. The monoisotopic (exact) mass is 882 g/mol. The van der Waals surface area contributed by atoms with E-state index in [-0.39, 0.29) is 11.8 Å². The molecule has 69 heavy (non-hydrogen) atoms. The first-order valence-electron chi connectivity index (χ1n) is 23.3. The Hall–Kier alpha value is -9.20. The van der Waals surface area contributed by atoms with Crippen LogP contribution in [0.25, 0.3) is 101 Å². The van der Waals surface area contributed by atoms with Gasteiger partial charge in [0.2, 0.25) is 0 Å². The van der Waals surface area contributed by atoms with Gasteiger partial charge in [-0.2, -0.15) is 0 Å². The minimum Gasteiger partial charge on any atom is -0.456 e. The molecule has 2 atom stereocenters. The van der Waals surface area contributed by atoms with Gasteiger partial charge in [0.15, 0.2) is 34.9 Å². The average molecular weight is 883 g/mol. The van der Waals surface area contributed by atoms with E-state index in [2.05, 4.69) is 127 Å². The molecule has 0 radical (unpaired) electrons. The van der Waals surface area contributed by atoms with E-state index in [0.29, 0.717) is 34.9 Å². The Kier molecular flexibility index (Phi) is 8.89. The molecular weight excluding hydrogens is 845 g/mol. The van der Waals surface area contributed by atoms with Crippen molar-refractivity contribution < 1.29 is 4.42 Å². The number of para-hydroxylation sites is 1. The van der Waals surface area contributed by atoms with Crippen LogP contribution in [0.5, 0.6) is 0 Å². The number of aromatic nitrogens is 6. The van der Waals surface area contributed by atoms with Crippen molar-refractivity contribution in [3.63, 3.8) is 0 Å². The Labute approximate surface area is 397 Å². The Bertz CT molecular complexity index is 3920. The summed E-state index contributed by atoms with van der Waals surface area (Å²) in [6.45, 7) is 0. The maximum absolute atomic E-state index is 6.20. The van der Waals surface area contributed by atoms with E-state index >= 15 is 0 Å². The van der Waals surface area contributed by atoms with Crippen LogP contribution < -0.4 is 0 Å². The summed E-state index contributed by atoms with van der Waals surface area (Å²) in [7, 11) is 0. The summed E-state index contributed by atoms with van der Waals surface area (Å²) < 4.78 is 6.20. The maximum atomic E-state index is 6.20. The van der Waals surface area contributed by atoms with Crippen LogP contribution >= 0.6 is 0 Å². The van der Waals surface area contributed by atoms with Crippen LogP contribution in [0, 0.1) is 0 Å². The Morgan fingerprint density at radius 1 is 0.246 bits per heavy atom. The van der Waals surface area contributed by atoms with Gasteiger partial charge in [-0.3, -0.25) is 0 Å². The lowest BCUT2D eigenvalue weighted by Crippen LogP contribution is -2.27. The van der Waals surface area contributed by atoms with Crippen molar-refractivity contribution in [2.45, 2.75) is 11.8 Å². The normalized spacial score (nSPS) is 14.4. The van der Waals surface area contributed by atoms with E-state index in [1.54, 1.807) is 0 Å². The summed E-state index contributed by atoms with van der Waals surface area (Å²) in [6.07, 6.45) is 0. The van der Waals surface area contributed by atoms with Crippen molar-refractivity contribution in [2.24, 2.45) is 0 Å². The van der Waals surface area contributed by atoms with Crippen LogP contribution in [-0.2, 0) is 0 Å². The molecule has 0 amide bonds. The summed E-state index contributed by atoms with van der Waals surface area (Å²) in [5.41, 5.74) is 17.2. The topological polar surface area (TPSA) is 90.5 Å². The molecule has 0 saturated heterocycles. The van der Waals surface area contributed by atoms with Gasteiger partial charge >= 0.3 is 0 Å². The summed E-state index contributed by atoms with van der Waals surface area (Å²) in [6, 6.07) is 75.9. The third kappa shape index (κ3) is 6.50. The van der Waals surface area contributed by atoms with Gasteiger partial charge in [-0.05, 0) is 74.8 Å². The zero-order chi connectivity index (χ0) is 45.4. The van der Waals surface area contributed by atoms with E-state index in [4.69, 9.17) is 34.3 Å². The maximum Gasteiger partial charge on any atom is 0.164 e. The predicted molar refractivity (Wildman–Crippen MR) is 273 cm³/mol. The summed E-state index contributed by atoms with van der Waals surface area (Å²) in [5.74, 6) is 3.81. The molecule has 0 saturated carbocycles. The molecule has 2 bridgehead atoms. The SMILES string of the molecule is c1ccc(-c2nc(-c3ccccc3)nc(-c3ccc4c(c3)C3c5ccccc5C4c4cc(-c5nc(-c6ccccc6)nc(-c6ccccc6-c6ccc7oc8ccccc8c7c6)n5)ccc43)n2)cc1. The number of furan rings is 1. The highest BCUT2D eigenvalue weighted by Gasteiger charge is 2.41. The first-order valence-corrected chi connectivity index (χ1v) is 23.3. The van der Waals surface area contributed by atoms with Crippen molar-refractivity contribution in [2.75, 3.05) is 0 Å². The van der Waals surface area contributed by atoms with Crippen LogP contribution in [0.15, 0.2) is 223 Å². The Morgan fingerprint density at radius 3 is 1.17 bits per heavy atom. The number of hydrogen-bond donors (Lipinski definition) is 0. The van der Waals surface area contributed by atoms with E-state index in [1.165, 1.54) is 33.4 Å². The van der Waals surface area contributed by atoms with Gasteiger partial charge < -0.3 is 4.42 Å². The Morgan fingerprint density at radius 2 is 0.638 bits per heavy atom. The average Bonchev–Trinajstić information content (AvgIpc) is 3.81. The molecule has 9 aromatic carbocycles. The van der Waals surface area contributed by atoms with Crippen LogP contribution in [0.4, 0.5) is 0 Å². The van der Waals surface area contributed by atoms with Gasteiger partial charge in [0.1, 0.15) is 11.2 Å². The van der Waals surface area contributed by atoms with Crippen LogP contribution in [0.2, 0.25) is 0 Å². The molecule has 12 aromatic rings. The third-order valence-electron chi connectivity index (χ3n) is 13.8. The lowest BCUT2D eigenvalue weighted by atomic mass is 9.61. The second kappa shape index (κ2) is 15.7. The van der Waals surface area contributed by atoms with E-state index < -0.39 is 0 Å². The fourth-order valence-electron chi connectivity index (χ4n) is 10.6. The van der Waals surface area contributed by atoms with Crippen molar-refractivity contribution in [3.05, 3.63) is 252 Å². The van der Waals surface area contributed by atoms with Crippen molar-refractivity contribution in [1.82, 2.24) is 29.9 Å². The zero-order valence-corrected chi connectivity index (χ0v) is 37.0. The lowest BCUT2D eigenvalue weighted by molar-refractivity contribution is 0.669. The number of fused-ring (bicyclic) bond motifs is 3. The summed E-state index contributed by atoms with van der Waals surface area (Å²) in [4.78, 5) is 30.9. The second-order valence-electron chi connectivity index (χ2n) is 17.7. The Balaban J connectivity index is 0.895. The van der Waals surface area contributed by atoms with Crippen molar-refractivity contribution >= 4 is 21.9 Å². The van der Waals surface area contributed by atoms with E-state index in [1.807, 2.05) is 91.0 Å². The largest absolute Gasteiger partial charge is 0.456 e. The molecule has 0 N–H and O–H groups in total. The molecule has 7 nitrogen and oxygen atoms in total. The highest BCUT2D eigenvalue weighted by atomic mass is 16.3. The highest BCUT2D eigenvalue weighted by Crippen LogP contribution is 2.56. The molecule has 0 fully saturated rings. The molecule has 7 heteroatoms. The first kappa shape index (κ1) is 39.0. The van der Waals surface area contributed by atoms with E-state index in [9.17, 15) is 0 Å². The van der Waals surface area contributed by atoms with Crippen LogP contribution in [-0.4, -0.2) is 29.9 Å². The summed E-state index contributed by atoms with van der Waals surface area (Å²) >= 11 is 0. The van der Waals surface area contributed by atoms with Gasteiger partial charge in [0.05, 0.1) is 0 Å². The molecule has 3 aromatic heterocycles. The minimum absolute atomic E-state index is 0.00728. The molecule has 3 aliphatic carbocycles. The van der Waals surface area contributed by atoms with E-state index in [0.717, 1.165) is 66.4 Å². The third-order valence-corrected chi connectivity index (χ3v) is 13.8. The smallest absolute Gasteiger partial charge is 0.164 e. The van der Waals surface area contributed by atoms with Crippen molar-refractivity contribution in [3.8, 4) is 79.5 Å². The standard InChI is InChI=1S/C62H38N6O/c1-4-16-37(17-5-1)57-63-58(38-18-6-2-7-19-38)65-60(64-57)41-28-31-47-51(35-41)55-45-24-11-12-25-46(45)56(47)52-36-42(29-32-48(52)55)61-66-59(39-20-8-3-9-21-39)67-62(68-61)49-26-13-10-22-43(49)40-30-33-54-50(34-40)44-23-14-15-27-53(44)69-54/h1-36,55-56H. The molecule has 15 rings (SSSR count). The van der Waals surface area contributed by atoms with Gasteiger partial charge in [-0.15, -0.1) is 0 Å². The second-order valence-corrected chi connectivity index (χ2v) is 17.7. The van der Waals surface area contributed by atoms with Gasteiger partial charge in [0.25, 0.3) is 0 Å². The molecule has 0 spiro atoms. The number of hydrogen-bond acceptors (Lipinski definition) is 7. The van der Waals surface area contributed by atoms with Gasteiger partial charge in [0, 0.05) is 56.0 Å². The number of rotatable bonds is 7.